The maximum Gasteiger partial charge on any atom is 0.0752 e. The highest BCUT2D eigenvalue weighted by Crippen LogP contribution is 2.13. The summed E-state index contributed by atoms with van der Waals surface area (Å²) in [5.41, 5.74) is 11.0. The molecule has 4 nitrogen and oxygen atoms in total. The molecule has 0 radical (unpaired) electrons. The van der Waals surface area contributed by atoms with Crippen LogP contribution in [0.5, 0.6) is 0 Å². The molecule has 16 heavy (non-hydrogen) atoms. The van der Waals surface area contributed by atoms with Crippen LogP contribution >= 0.6 is 0 Å². The van der Waals surface area contributed by atoms with Gasteiger partial charge < -0.3 is 16.2 Å². The van der Waals surface area contributed by atoms with E-state index in [2.05, 4.69) is 32.6 Å². The van der Waals surface area contributed by atoms with Crippen molar-refractivity contribution in [1.82, 2.24) is 4.90 Å². The molecule has 0 fully saturated rings. The molecule has 0 aliphatic rings. The summed E-state index contributed by atoms with van der Waals surface area (Å²) in [5, 5.41) is 0. The van der Waals surface area contributed by atoms with Crippen LogP contribution in [-0.2, 0) is 4.74 Å². The first-order valence-corrected chi connectivity index (χ1v) is 6.17. The van der Waals surface area contributed by atoms with Crippen LogP contribution < -0.4 is 11.5 Å². The predicted octanol–water partition coefficient (Wildman–Crippen LogP) is 0.657. The Hall–Kier alpha value is -0.160. The molecular formula is C12H29N3O. The Kier molecular flexibility index (Phi) is 7.93. The zero-order chi connectivity index (χ0) is 12.6. The van der Waals surface area contributed by atoms with E-state index in [4.69, 9.17) is 16.2 Å². The molecule has 0 spiro atoms. The van der Waals surface area contributed by atoms with Gasteiger partial charge >= 0.3 is 0 Å². The summed E-state index contributed by atoms with van der Waals surface area (Å²) in [4.78, 5) is 2.26. The van der Waals surface area contributed by atoms with Gasteiger partial charge in [0.25, 0.3) is 0 Å². The van der Waals surface area contributed by atoms with E-state index in [0.717, 1.165) is 26.2 Å². The summed E-state index contributed by atoms with van der Waals surface area (Å²) in [7, 11) is 0. The van der Waals surface area contributed by atoms with Gasteiger partial charge in [-0.05, 0) is 19.8 Å². The van der Waals surface area contributed by atoms with Crippen molar-refractivity contribution in [2.75, 3.05) is 39.3 Å². The molecule has 0 heterocycles. The van der Waals surface area contributed by atoms with E-state index in [1.165, 1.54) is 0 Å². The van der Waals surface area contributed by atoms with Crippen LogP contribution in [0.2, 0.25) is 0 Å². The van der Waals surface area contributed by atoms with Crippen LogP contribution in [0, 0.1) is 5.92 Å². The van der Waals surface area contributed by atoms with Gasteiger partial charge in [0, 0.05) is 39.3 Å². The molecule has 0 saturated heterocycles. The summed E-state index contributed by atoms with van der Waals surface area (Å²) in [6, 6.07) is 0. The van der Waals surface area contributed by atoms with Gasteiger partial charge in [0.05, 0.1) is 5.60 Å². The quantitative estimate of drug-likeness (QED) is 0.612. The lowest BCUT2D eigenvalue weighted by Crippen LogP contribution is -2.45. The van der Waals surface area contributed by atoms with Gasteiger partial charge in [-0.15, -0.1) is 0 Å². The molecule has 0 bridgehead atoms. The molecule has 0 aromatic heterocycles. The minimum absolute atomic E-state index is 0.130. The fourth-order valence-corrected chi connectivity index (χ4v) is 1.61. The van der Waals surface area contributed by atoms with Gasteiger partial charge in [-0.25, -0.2) is 0 Å². The second kappa shape index (κ2) is 8.01. The number of ether oxygens (including phenoxy) is 1. The summed E-state index contributed by atoms with van der Waals surface area (Å²) in [5.74, 6) is 0.566. The summed E-state index contributed by atoms with van der Waals surface area (Å²) in [6.07, 6.45) is 0. The van der Waals surface area contributed by atoms with Crippen molar-refractivity contribution in [2.45, 2.75) is 33.3 Å². The lowest BCUT2D eigenvalue weighted by molar-refractivity contribution is -0.0501. The zero-order valence-corrected chi connectivity index (χ0v) is 11.3. The Morgan fingerprint density at radius 2 is 1.62 bits per heavy atom. The molecule has 98 valence electrons. The lowest BCUT2D eigenvalue weighted by Gasteiger charge is -2.33. The van der Waals surface area contributed by atoms with Gasteiger partial charge in [0.1, 0.15) is 0 Å². The van der Waals surface area contributed by atoms with Crippen molar-refractivity contribution in [2.24, 2.45) is 17.4 Å². The first-order valence-electron chi connectivity index (χ1n) is 6.17. The molecule has 4 heteroatoms. The molecule has 0 aliphatic heterocycles. The van der Waals surface area contributed by atoms with Gasteiger partial charge in [0.15, 0.2) is 0 Å². The molecule has 4 N–H and O–H groups in total. The Bertz CT molecular complexity index is 166. The van der Waals surface area contributed by atoms with Gasteiger partial charge in [0.2, 0.25) is 0 Å². The number of hydrogen-bond acceptors (Lipinski definition) is 4. The van der Waals surface area contributed by atoms with Crippen LogP contribution in [0.25, 0.3) is 0 Å². The van der Waals surface area contributed by atoms with E-state index in [0.29, 0.717) is 19.0 Å². The van der Waals surface area contributed by atoms with E-state index in [-0.39, 0.29) is 5.60 Å². The molecule has 0 rings (SSSR count). The normalized spacial score (nSPS) is 12.8. The third-order valence-corrected chi connectivity index (χ3v) is 2.30. The maximum atomic E-state index is 5.89. The van der Waals surface area contributed by atoms with Gasteiger partial charge in [-0.2, -0.15) is 0 Å². The zero-order valence-electron chi connectivity index (χ0n) is 11.3. The molecule has 0 aromatic rings. The topological polar surface area (TPSA) is 64.5 Å². The summed E-state index contributed by atoms with van der Waals surface area (Å²) >= 11 is 0. The van der Waals surface area contributed by atoms with Crippen molar-refractivity contribution < 1.29 is 4.74 Å². The highest BCUT2D eigenvalue weighted by molar-refractivity contribution is 4.75. The lowest BCUT2D eigenvalue weighted by atomic mass is 10.1. The second-order valence-corrected chi connectivity index (χ2v) is 5.32. The fourth-order valence-electron chi connectivity index (χ4n) is 1.61. The molecule has 0 atom stereocenters. The van der Waals surface area contributed by atoms with Gasteiger partial charge in [-0.3, -0.25) is 4.90 Å². The Morgan fingerprint density at radius 1 is 1.12 bits per heavy atom. The van der Waals surface area contributed by atoms with E-state index in [9.17, 15) is 0 Å². The summed E-state index contributed by atoms with van der Waals surface area (Å²) in [6.45, 7) is 13.3. The third kappa shape index (κ3) is 8.05. The van der Waals surface area contributed by atoms with E-state index in [1.54, 1.807) is 0 Å². The first-order chi connectivity index (χ1) is 7.41. The van der Waals surface area contributed by atoms with Gasteiger partial charge in [-0.1, -0.05) is 13.8 Å². The minimum Gasteiger partial charge on any atom is -0.374 e. The second-order valence-electron chi connectivity index (χ2n) is 5.32. The molecular weight excluding hydrogens is 202 g/mol. The molecule has 0 aromatic carbocycles. The van der Waals surface area contributed by atoms with Crippen molar-refractivity contribution in [3.05, 3.63) is 0 Å². The van der Waals surface area contributed by atoms with Crippen LogP contribution in [0.1, 0.15) is 27.7 Å². The van der Waals surface area contributed by atoms with Crippen molar-refractivity contribution >= 4 is 0 Å². The van der Waals surface area contributed by atoms with E-state index < -0.39 is 0 Å². The van der Waals surface area contributed by atoms with E-state index >= 15 is 0 Å². The van der Waals surface area contributed by atoms with Crippen LogP contribution in [0.4, 0.5) is 0 Å². The minimum atomic E-state index is -0.130. The monoisotopic (exact) mass is 231 g/mol. The largest absolute Gasteiger partial charge is 0.374 e. The Labute approximate surface area is 100 Å². The summed E-state index contributed by atoms with van der Waals surface area (Å²) < 4.78 is 5.89. The standard InChI is InChI=1S/C12H29N3O/c1-11(2)9-16-12(3,4)10-15(7-5-13)8-6-14/h11H,5-10,13-14H2,1-4H3. The van der Waals surface area contributed by atoms with Crippen molar-refractivity contribution in [1.29, 1.82) is 0 Å². The number of nitrogens with zero attached hydrogens (tertiary/aromatic N) is 1. The number of nitrogens with two attached hydrogens (primary N) is 2. The number of hydrogen-bond donors (Lipinski definition) is 2. The van der Waals surface area contributed by atoms with Crippen molar-refractivity contribution in [3.63, 3.8) is 0 Å². The SMILES string of the molecule is CC(C)COC(C)(C)CN(CCN)CCN. The highest BCUT2D eigenvalue weighted by atomic mass is 16.5. The Morgan fingerprint density at radius 3 is 2.00 bits per heavy atom. The molecule has 0 saturated carbocycles. The average molecular weight is 231 g/mol. The fraction of sp³-hybridized carbons (Fsp3) is 1.00. The Balaban J connectivity index is 4.06. The van der Waals surface area contributed by atoms with Crippen molar-refractivity contribution in [3.8, 4) is 0 Å². The smallest absolute Gasteiger partial charge is 0.0752 e. The third-order valence-electron chi connectivity index (χ3n) is 2.30. The highest BCUT2D eigenvalue weighted by Gasteiger charge is 2.22. The van der Waals surface area contributed by atoms with Crippen LogP contribution in [0.15, 0.2) is 0 Å². The molecule has 0 aliphatic carbocycles. The van der Waals surface area contributed by atoms with Crippen LogP contribution in [0.3, 0.4) is 0 Å². The number of rotatable bonds is 9. The van der Waals surface area contributed by atoms with Crippen LogP contribution in [-0.4, -0.2) is 49.8 Å². The molecule has 0 unspecified atom stereocenters. The van der Waals surface area contributed by atoms with E-state index in [1.807, 2.05) is 0 Å². The average Bonchev–Trinajstić information content (AvgIpc) is 2.15. The maximum absolute atomic E-state index is 5.89. The molecule has 0 amide bonds. The first kappa shape index (κ1) is 15.8. The predicted molar refractivity (Wildman–Crippen MR) is 69.4 cm³/mol.